The van der Waals surface area contributed by atoms with Gasteiger partial charge in [0.1, 0.15) is 0 Å². The van der Waals surface area contributed by atoms with Gasteiger partial charge in [0, 0.05) is 23.3 Å². The first-order valence-electron chi connectivity index (χ1n) is 9.94. The van der Waals surface area contributed by atoms with E-state index >= 15 is 0 Å². The van der Waals surface area contributed by atoms with E-state index in [-0.39, 0.29) is 0 Å². The number of hydrogen-bond acceptors (Lipinski definition) is 6. The van der Waals surface area contributed by atoms with E-state index in [1.54, 1.807) is 6.20 Å². The Labute approximate surface area is 197 Å². The number of aromatic nitrogens is 1. The average Bonchev–Trinajstić information content (AvgIpc) is 2.64. The molecule has 12 nitrogen and oxygen atoms in total. The zero-order valence-corrected chi connectivity index (χ0v) is 21.2. The molecular formula is C18H33ClN4O8P2. The SMILES string of the molecule is CCN(CC)CCCC(C)Nc1ccnc2cc(Cl)c(N)cc12.O=P(O)(O)O.O=P(O)(O)O. The fourth-order valence-corrected chi connectivity index (χ4v) is 2.97. The standard InChI is InChI=1S/C18H27ClN4.2H3O4P/c1-4-23(5-2)10-6-7-13(3)22-17-8-9-21-18-12-15(19)16(20)11-14(17)18;2*1-5(2,3)4/h8-9,11-13H,4-7,10,20H2,1-3H3,(H,21,22);2*(H3,1,2,3,4). The third kappa shape index (κ3) is 16.9. The first-order chi connectivity index (χ1) is 15.0. The van der Waals surface area contributed by atoms with Crippen molar-refractivity contribution in [2.45, 2.75) is 39.7 Å². The quantitative estimate of drug-likeness (QED) is 0.183. The van der Waals surface area contributed by atoms with Gasteiger partial charge in [-0.2, -0.15) is 0 Å². The molecule has 15 heteroatoms. The normalized spacial score (nSPS) is 12.5. The summed E-state index contributed by atoms with van der Waals surface area (Å²) in [6.07, 6.45) is 4.12. The van der Waals surface area contributed by atoms with Crippen molar-refractivity contribution in [1.82, 2.24) is 9.88 Å². The molecule has 9 N–H and O–H groups in total. The largest absolute Gasteiger partial charge is 0.466 e. The molecule has 2 aromatic rings. The van der Waals surface area contributed by atoms with Gasteiger partial charge in [0.15, 0.2) is 0 Å². The molecule has 0 aliphatic heterocycles. The number of fused-ring (bicyclic) bond motifs is 1. The molecule has 1 heterocycles. The number of hydrogen-bond donors (Lipinski definition) is 8. The van der Waals surface area contributed by atoms with Crippen molar-refractivity contribution in [2.24, 2.45) is 0 Å². The predicted octanol–water partition coefficient (Wildman–Crippen LogP) is 2.54. The molecule has 0 fully saturated rings. The van der Waals surface area contributed by atoms with Crippen LogP contribution in [0.15, 0.2) is 24.4 Å². The summed E-state index contributed by atoms with van der Waals surface area (Å²) in [4.78, 5) is 50.0. The summed E-state index contributed by atoms with van der Waals surface area (Å²) in [5.41, 5.74) is 8.45. The molecule has 1 aromatic heterocycles. The summed E-state index contributed by atoms with van der Waals surface area (Å²) in [5.74, 6) is 0. The first kappa shape index (κ1) is 31.7. The van der Waals surface area contributed by atoms with Crippen molar-refractivity contribution in [2.75, 3.05) is 30.7 Å². The molecule has 1 aromatic carbocycles. The van der Waals surface area contributed by atoms with Gasteiger partial charge in [-0.15, -0.1) is 0 Å². The lowest BCUT2D eigenvalue weighted by atomic mass is 10.1. The van der Waals surface area contributed by atoms with Crippen molar-refractivity contribution in [1.29, 1.82) is 0 Å². The summed E-state index contributed by atoms with van der Waals surface area (Å²) in [7, 11) is -9.28. The van der Waals surface area contributed by atoms with Gasteiger partial charge >= 0.3 is 15.6 Å². The second-order valence-corrected chi connectivity index (χ2v) is 9.45. The second-order valence-electron chi connectivity index (χ2n) is 6.99. The van der Waals surface area contributed by atoms with E-state index in [1.165, 1.54) is 6.42 Å². The lowest BCUT2D eigenvalue weighted by Gasteiger charge is -2.21. The average molecular weight is 531 g/mol. The van der Waals surface area contributed by atoms with Crippen molar-refractivity contribution >= 4 is 49.5 Å². The molecular weight excluding hydrogens is 498 g/mol. The maximum absolute atomic E-state index is 8.88. The Hall–Kier alpha value is -1.30. The summed E-state index contributed by atoms with van der Waals surface area (Å²) in [5, 5.41) is 5.15. The van der Waals surface area contributed by atoms with Gasteiger partial charge in [0.25, 0.3) is 0 Å². The van der Waals surface area contributed by atoms with Crippen molar-refractivity contribution < 1.29 is 38.5 Å². The zero-order chi connectivity index (χ0) is 25.8. The molecule has 0 saturated heterocycles. The number of nitrogens with zero attached hydrogens (tertiary/aromatic N) is 2. The van der Waals surface area contributed by atoms with Crippen molar-refractivity contribution in [3.8, 4) is 0 Å². The van der Waals surface area contributed by atoms with E-state index in [9.17, 15) is 0 Å². The molecule has 190 valence electrons. The third-order valence-corrected chi connectivity index (χ3v) is 4.60. The van der Waals surface area contributed by atoms with E-state index in [0.717, 1.165) is 42.6 Å². The highest BCUT2D eigenvalue weighted by molar-refractivity contribution is 7.45. The number of nitrogens with one attached hydrogen (secondary N) is 1. The predicted molar refractivity (Wildman–Crippen MR) is 130 cm³/mol. The minimum atomic E-state index is -4.64. The number of anilines is 2. The number of pyridine rings is 1. The summed E-state index contributed by atoms with van der Waals surface area (Å²) < 4.78 is 17.8. The van der Waals surface area contributed by atoms with Crippen molar-refractivity contribution in [3.63, 3.8) is 0 Å². The minimum absolute atomic E-state index is 0.396. The fourth-order valence-electron chi connectivity index (χ4n) is 2.81. The molecule has 0 bridgehead atoms. The van der Waals surface area contributed by atoms with E-state index in [4.69, 9.17) is 55.8 Å². The monoisotopic (exact) mass is 530 g/mol. The Morgan fingerprint density at radius 1 is 1.09 bits per heavy atom. The number of benzene rings is 1. The first-order valence-corrected chi connectivity index (χ1v) is 13.4. The lowest BCUT2D eigenvalue weighted by molar-refractivity contribution is 0.272. The van der Waals surface area contributed by atoms with E-state index < -0.39 is 15.6 Å². The maximum atomic E-state index is 8.88. The molecule has 0 aliphatic rings. The third-order valence-electron chi connectivity index (χ3n) is 4.27. The van der Waals surface area contributed by atoms with E-state index in [0.29, 0.717) is 16.8 Å². The van der Waals surface area contributed by atoms with Crippen LogP contribution in [0.5, 0.6) is 0 Å². The summed E-state index contributed by atoms with van der Waals surface area (Å²) in [6, 6.07) is 6.11. The number of rotatable bonds is 8. The molecule has 33 heavy (non-hydrogen) atoms. The van der Waals surface area contributed by atoms with Gasteiger partial charge < -0.3 is 45.3 Å². The smallest absolute Gasteiger partial charge is 0.398 e. The highest BCUT2D eigenvalue weighted by Gasteiger charge is 2.09. The fraction of sp³-hybridized carbons (Fsp3) is 0.500. The Morgan fingerprint density at radius 2 is 1.61 bits per heavy atom. The lowest BCUT2D eigenvalue weighted by Crippen LogP contribution is -2.25. The van der Waals surface area contributed by atoms with Gasteiger partial charge in [0.2, 0.25) is 0 Å². The summed E-state index contributed by atoms with van der Waals surface area (Å²) in [6.45, 7) is 10.0. The molecule has 0 amide bonds. The molecule has 2 rings (SSSR count). The number of halogens is 1. The molecule has 0 radical (unpaired) electrons. The van der Waals surface area contributed by atoms with Gasteiger partial charge in [-0.25, -0.2) is 9.13 Å². The van der Waals surface area contributed by atoms with Crippen LogP contribution in [0, 0.1) is 0 Å². The number of nitrogen functional groups attached to an aromatic ring is 1. The number of phosphoric acid groups is 2. The van der Waals surface area contributed by atoms with E-state index in [1.807, 2.05) is 18.2 Å². The highest BCUT2D eigenvalue weighted by atomic mass is 35.5. The molecule has 0 saturated carbocycles. The maximum Gasteiger partial charge on any atom is 0.466 e. The van der Waals surface area contributed by atoms with Crippen LogP contribution in [0.25, 0.3) is 10.9 Å². The number of nitrogens with two attached hydrogens (primary N) is 1. The Balaban J connectivity index is 0.000000859. The molecule has 0 aliphatic carbocycles. The van der Waals surface area contributed by atoms with Gasteiger partial charge in [-0.3, -0.25) is 4.98 Å². The Kier molecular flexibility index (Phi) is 14.3. The van der Waals surface area contributed by atoms with Crippen molar-refractivity contribution in [3.05, 3.63) is 29.4 Å². The Morgan fingerprint density at radius 3 is 2.09 bits per heavy atom. The molecule has 0 spiro atoms. The van der Waals surface area contributed by atoms with Gasteiger partial charge in [-0.1, -0.05) is 25.4 Å². The highest BCUT2D eigenvalue weighted by Crippen LogP contribution is 2.30. The van der Waals surface area contributed by atoms with Crippen LogP contribution < -0.4 is 11.1 Å². The second kappa shape index (κ2) is 14.9. The Bertz CT molecular complexity index is 916. The zero-order valence-electron chi connectivity index (χ0n) is 18.7. The van der Waals surface area contributed by atoms with Crippen LogP contribution in [0.3, 0.4) is 0 Å². The van der Waals surface area contributed by atoms with Crippen LogP contribution in [0.2, 0.25) is 5.02 Å². The van der Waals surface area contributed by atoms with Gasteiger partial charge in [0.05, 0.1) is 16.2 Å². The molecule has 1 atom stereocenters. The van der Waals surface area contributed by atoms with Crippen LogP contribution >= 0.6 is 27.2 Å². The van der Waals surface area contributed by atoms with Crippen LogP contribution in [-0.2, 0) is 9.13 Å². The van der Waals surface area contributed by atoms with Crippen LogP contribution in [0.1, 0.15) is 33.6 Å². The van der Waals surface area contributed by atoms with Crippen LogP contribution in [-0.4, -0.2) is 64.9 Å². The minimum Gasteiger partial charge on any atom is -0.398 e. The molecule has 1 unspecified atom stereocenters. The van der Waals surface area contributed by atoms with E-state index in [2.05, 4.69) is 36.0 Å². The van der Waals surface area contributed by atoms with Gasteiger partial charge in [-0.05, 0) is 57.6 Å². The van der Waals surface area contributed by atoms with Crippen LogP contribution in [0.4, 0.5) is 11.4 Å². The topological polar surface area (TPSA) is 210 Å². The summed E-state index contributed by atoms with van der Waals surface area (Å²) >= 11 is 6.08.